The number of carbonyl (C=O) groups is 1. The van der Waals surface area contributed by atoms with E-state index in [2.05, 4.69) is 46.4 Å². The molecule has 2 N–H and O–H groups in total. The molecule has 1 aromatic heterocycles. The van der Waals surface area contributed by atoms with Crippen molar-refractivity contribution in [2.75, 3.05) is 20.6 Å². The number of amides is 1. The van der Waals surface area contributed by atoms with Gasteiger partial charge < -0.3 is 15.2 Å². The molecular weight excluding hydrogens is 356 g/mol. The van der Waals surface area contributed by atoms with E-state index in [4.69, 9.17) is 0 Å². The van der Waals surface area contributed by atoms with Crippen LogP contribution in [-0.4, -0.2) is 41.4 Å². The Morgan fingerprint density at radius 1 is 1.21 bits per heavy atom. The van der Waals surface area contributed by atoms with Crippen molar-refractivity contribution >= 4 is 22.5 Å². The second-order valence-corrected chi connectivity index (χ2v) is 6.97. The first kappa shape index (κ1) is 19.6. The van der Waals surface area contributed by atoms with Gasteiger partial charge in [-0.1, -0.05) is 31.2 Å². The quantitative estimate of drug-likeness (QED) is 0.483. The number of nitro groups is 1. The largest absolute Gasteiger partial charge is 0.360 e. The van der Waals surface area contributed by atoms with E-state index in [0.29, 0.717) is 23.0 Å². The number of aromatic amines is 1. The Morgan fingerprint density at radius 3 is 2.54 bits per heavy atom. The van der Waals surface area contributed by atoms with Crippen LogP contribution in [0.4, 0.5) is 5.69 Å². The van der Waals surface area contributed by atoms with Crippen molar-refractivity contribution in [2.45, 2.75) is 19.4 Å². The second kappa shape index (κ2) is 8.22. The van der Waals surface area contributed by atoms with Crippen LogP contribution in [0.2, 0.25) is 0 Å². The van der Waals surface area contributed by atoms with Crippen LogP contribution in [0.5, 0.6) is 0 Å². The average molecular weight is 380 g/mol. The van der Waals surface area contributed by atoms with Gasteiger partial charge in [0.15, 0.2) is 0 Å². The van der Waals surface area contributed by atoms with Crippen molar-refractivity contribution in [2.24, 2.45) is 0 Å². The molecule has 0 aliphatic carbocycles. The maximum atomic E-state index is 12.7. The minimum absolute atomic E-state index is 0.0226. The average Bonchev–Trinajstić information content (AvgIpc) is 3.11. The Morgan fingerprint density at radius 2 is 1.93 bits per heavy atom. The Hall–Kier alpha value is -3.19. The van der Waals surface area contributed by atoms with E-state index in [1.54, 1.807) is 12.3 Å². The van der Waals surface area contributed by atoms with E-state index in [9.17, 15) is 14.9 Å². The Balaban J connectivity index is 1.78. The Labute approximate surface area is 163 Å². The molecule has 0 radical (unpaired) electrons. The highest BCUT2D eigenvalue weighted by molar-refractivity contribution is 6.07. The summed E-state index contributed by atoms with van der Waals surface area (Å²) in [4.78, 5) is 28.4. The summed E-state index contributed by atoms with van der Waals surface area (Å²) in [6.07, 6.45) is 2.57. The third kappa shape index (κ3) is 4.04. The number of aromatic nitrogens is 1. The number of aryl methyl sites for hydroxylation is 1. The first-order chi connectivity index (χ1) is 13.4. The van der Waals surface area contributed by atoms with Crippen LogP contribution in [0.15, 0.2) is 48.7 Å². The lowest BCUT2D eigenvalue weighted by molar-refractivity contribution is -0.384. The molecule has 0 fully saturated rings. The van der Waals surface area contributed by atoms with Crippen LogP contribution in [0.3, 0.4) is 0 Å². The molecule has 0 aliphatic rings. The number of nitrogens with one attached hydrogen (secondary N) is 2. The molecule has 7 nitrogen and oxygen atoms in total. The summed E-state index contributed by atoms with van der Waals surface area (Å²) in [7, 11) is 3.94. The first-order valence-electron chi connectivity index (χ1n) is 9.19. The van der Waals surface area contributed by atoms with Crippen molar-refractivity contribution in [1.29, 1.82) is 0 Å². The number of non-ortho nitro benzene ring substituents is 1. The van der Waals surface area contributed by atoms with Crippen LogP contribution in [0.1, 0.15) is 34.5 Å². The number of likely N-dealkylation sites (N-methyl/N-ethyl adjacent to an activating group) is 1. The van der Waals surface area contributed by atoms with E-state index in [1.165, 1.54) is 17.7 Å². The lowest BCUT2D eigenvalue weighted by Gasteiger charge is -2.25. The molecule has 2 aromatic carbocycles. The van der Waals surface area contributed by atoms with E-state index in [-0.39, 0.29) is 17.6 Å². The highest BCUT2D eigenvalue weighted by Gasteiger charge is 2.19. The molecule has 0 bridgehead atoms. The molecular formula is C21H24N4O3. The van der Waals surface area contributed by atoms with Gasteiger partial charge in [0.2, 0.25) is 0 Å². The summed E-state index contributed by atoms with van der Waals surface area (Å²) >= 11 is 0. The summed E-state index contributed by atoms with van der Waals surface area (Å²) in [5.41, 5.74) is 3.44. The standard InChI is InChI=1S/C21H24N4O3/c1-4-14-5-7-15(8-6-14)20(24(2)3)13-23-21(26)18-12-22-19-10-9-16(25(27)28)11-17(18)19/h5-12,20,22H,4,13H2,1-3H3,(H,23,26). The van der Waals surface area contributed by atoms with Crippen LogP contribution in [0, 0.1) is 10.1 Å². The van der Waals surface area contributed by atoms with E-state index in [0.717, 1.165) is 12.0 Å². The molecule has 1 heterocycles. The summed E-state index contributed by atoms with van der Waals surface area (Å²) in [6, 6.07) is 12.9. The van der Waals surface area contributed by atoms with Crippen molar-refractivity contribution in [3.8, 4) is 0 Å². The molecule has 7 heteroatoms. The molecule has 28 heavy (non-hydrogen) atoms. The summed E-state index contributed by atoms with van der Waals surface area (Å²) in [6.45, 7) is 2.54. The maximum Gasteiger partial charge on any atom is 0.270 e. The number of hydrogen-bond acceptors (Lipinski definition) is 4. The SMILES string of the molecule is CCc1ccc(C(CNC(=O)c2c[nH]c3ccc([N+](=O)[O-])cc23)N(C)C)cc1. The molecule has 0 aliphatic heterocycles. The third-order valence-electron chi connectivity index (χ3n) is 4.97. The van der Waals surface area contributed by atoms with Crippen LogP contribution >= 0.6 is 0 Å². The number of fused-ring (bicyclic) bond motifs is 1. The van der Waals surface area contributed by atoms with Gasteiger partial charge in [-0.3, -0.25) is 14.9 Å². The summed E-state index contributed by atoms with van der Waals surface area (Å²) in [5, 5.41) is 14.5. The molecule has 0 saturated carbocycles. The highest BCUT2D eigenvalue weighted by Crippen LogP contribution is 2.24. The fraction of sp³-hybridized carbons (Fsp3) is 0.286. The van der Waals surface area contributed by atoms with Gasteiger partial charge in [0.05, 0.1) is 16.5 Å². The normalized spacial score (nSPS) is 12.3. The van der Waals surface area contributed by atoms with Gasteiger partial charge in [-0.05, 0) is 37.7 Å². The van der Waals surface area contributed by atoms with Crippen molar-refractivity contribution in [3.05, 3.63) is 75.5 Å². The maximum absolute atomic E-state index is 12.7. The Bertz CT molecular complexity index is 993. The fourth-order valence-corrected chi connectivity index (χ4v) is 3.27. The smallest absolute Gasteiger partial charge is 0.270 e. The second-order valence-electron chi connectivity index (χ2n) is 6.97. The number of carbonyl (C=O) groups excluding carboxylic acids is 1. The number of hydrogen-bond donors (Lipinski definition) is 2. The topological polar surface area (TPSA) is 91.3 Å². The zero-order valence-electron chi connectivity index (χ0n) is 16.2. The number of nitro benzene ring substituents is 1. The molecule has 1 amide bonds. The van der Waals surface area contributed by atoms with Crippen molar-refractivity contribution in [3.63, 3.8) is 0 Å². The molecule has 3 aromatic rings. The van der Waals surface area contributed by atoms with Crippen molar-refractivity contribution < 1.29 is 9.72 Å². The highest BCUT2D eigenvalue weighted by atomic mass is 16.6. The minimum Gasteiger partial charge on any atom is -0.360 e. The number of nitrogens with zero attached hydrogens (tertiary/aromatic N) is 2. The fourth-order valence-electron chi connectivity index (χ4n) is 3.27. The van der Waals surface area contributed by atoms with Gasteiger partial charge in [0.1, 0.15) is 0 Å². The van der Waals surface area contributed by atoms with E-state index >= 15 is 0 Å². The molecule has 146 valence electrons. The van der Waals surface area contributed by atoms with Crippen molar-refractivity contribution in [1.82, 2.24) is 15.2 Å². The van der Waals surface area contributed by atoms with Gasteiger partial charge in [-0.15, -0.1) is 0 Å². The van der Waals surface area contributed by atoms with Gasteiger partial charge in [-0.2, -0.15) is 0 Å². The van der Waals surface area contributed by atoms with Gasteiger partial charge in [0.25, 0.3) is 11.6 Å². The van der Waals surface area contributed by atoms with Crippen LogP contribution < -0.4 is 5.32 Å². The molecule has 3 rings (SSSR count). The van der Waals surface area contributed by atoms with Crippen LogP contribution in [-0.2, 0) is 6.42 Å². The monoisotopic (exact) mass is 380 g/mol. The molecule has 0 saturated heterocycles. The third-order valence-corrected chi connectivity index (χ3v) is 4.97. The number of rotatable bonds is 7. The van der Waals surface area contributed by atoms with E-state index < -0.39 is 4.92 Å². The lowest BCUT2D eigenvalue weighted by Crippen LogP contribution is -2.34. The van der Waals surface area contributed by atoms with Crippen LogP contribution in [0.25, 0.3) is 10.9 Å². The Kier molecular flexibility index (Phi) is 5.75. The first-order valence-corrected chi connectivity index (χ1v) is 9.19. The lowest BCUT2D eigenvalue weighted by atomic mass is 10.0. The molecule has 0 spiro atoms. The predicted octanol–water partition coefficient (Wildman–Crippen LogP) is 3.67. The summed E-state index contributed by atoms with van der Waals surface area (Å²) < 4.78 is 0. The number of benzene rings is 2. The van der Waals surface area contributed by atoms with Gasteiger partial charge in [-0.25, -0.2) is 0 Å². The molecule has 1 atom stereocenters. The zero-order chi connectivity index (χ0) is 20.3. The molecule has 1 unspecified atom stereocenters. The summed E-state index contributed by atoms with van der Waals surface area (Å²) in [5.74, 6) is -0.260. The van der Waals surface area contributed by atoms with E-state index in [1.807, 2.05) is 14.1 Å². The predicted molar refractivity (Wildman–Crippen MR) is 110 cm³/mol. The van der Waals surface area contributed by atoms with Gasteiger partial charge in [0, 0.05) is 35.8 Å². The van der Waals surface area contributed by atoms with Gasteiger partial charge >= 0.3 is 0 Å². The minimum atomic E-state index is -0.462. The number of H-pyrrole nitrogens is 1. The zero-order valence-corrected chi connectivity index (χ0v) is 16.2.